The fourth-order valence-electron chi connectivity index (χ4n) is 2.23. The van der Waals surface area contributed by atoms with Crippen molar-refractivity contribution >= 4 is 29.1 Å². The van der Waals surface area contributed by atoms with Gasteiger partial charge in [-0.3, -0.25) is 4.79 Å². The van der Waals surface area contributed by atoms with Gasteiger partial charge >= 0.3 is 0 Å². The molecular formula is C17H22Cl2N2O2. The first-order valence-electron chi connectivity index (χ1n) is 7.64. The molecule has 0 spiro atoms. The lowest BCUT2D eigenvalue weighted by atomic mass is 9.92. The number of nitrogens with one attached hydrogen (secondary N) is 1. The molecule has 0 fully saturated rings. The molecule has 23 heavy (non-hydrogen) atoms. The Morgan fingerprint density at radius 2 is 2.09 bits per heavy atom. The van der Waals surface area contributed by atoms with Gasteiger partial charge in [-0.1, -0.05) is 43.5 Å². The largest absolute Gasteiger partial charge is 0.479 e. The Bertz CT molecular complexity index is 613. The molecule has 6 heteroatoms. The number of carbonyl (C=O) groups is 1. The molecule has 0 radical (unpaired) electrons. The number of carbonyl (C=O) groups excluding carboxylic acids is 1. The maximum Gasteiger partial charge on any atom is 0.262 e. The average Bonchev–Trinajstić information content (AvgIpc) is 2.54. The van der Waals surface area contributed by atoms with Gasteiger partial charge in [-0.05, 0) is 44.4 Å². The number of hydrogen-bond donors (Lipinski definition) is 1. The first-order valence-corrected chi connectivity index (χ1v) is 8.40. The van der Waals surface area contributed by atoms with Gasteiger partial charge in [0.1, 0.15) is 11.3 Å². The van der Waals surface area contributed by atoms with E-state index in [2.05, 4.69) is 11.4 Å². The zero-order chi connectivity index (χ0) is 17.6. The van der Waals surface area contributed by atoms with Crippen LogP contribution in [0.5, 0.6) is 5.75 Å². The summed E-state index contributed by atoms with van der Waals surface area (Å²) in [7, 11) is 0. The molecule has 1 amide bonds. The zero-order valence-corrected chi connectivity index (χ0v) is 15.4. The molecule has 0 saturated carbocycles. The molecule has 1 aromatic rings. The lowest BCUT2D eigenvalue weighted by Gasteiger charge is -2.28. The molecule has 0 aliphatic rings. The van der Waals surface area contributed by atoms with Gasteiger partial charge in [0.15, 0.2) is 6.10 Å². The average molecular weight is 357 g/mol. The summed E-state index contributed by atoms with van der Waals surface area (Å²) in [5.74, 6) is 0.0521. The minimum atomic E-state index is -0.858. The van der Waals surface area contributed by atoms with E-state index in [0.29, 0.717) is 34.2 Å². The Kier molecular flexibility index (Phi) is 7.18. The fraction of sp³-hybridized carbons (Fsp3) is 0.529. The van der Waals surface area contributed by atoms with Gasteiger partial charge in [-0.15, -0.1) is 0 Å². The number of halogens is 2. The number of benzene rings is 1. The van der Waals surface area contributed by atoms with Crippen molar-refractivity contribution in [1.82, 2.24) is 5.32 Å². The van der Waals surface area contributed by atoms with Crippen molar-refractivity contribution in [2.24, 2.45) is 0 Å². The third-order valence-corrected chi connectivity index (χ3v) is 4.69. The fourth-order valence-corrected chi connectivity index (χ4v) is 2.64. The second kappa shape index (κ2) is 8.42. The third-order valence-electron chi connectivity index (χ3n) is 3.81. The van der Waals surface area contributed by atoms with E-state index in [9.17, 15) is 10.1 Å². The second-order valence-electron chi connectivity index (χ2n) is 5.53. The lowest BCUT2D eigenvalue weighted by Crippen LogP contribution is -2.51. The van der Waals surface area contributed by atoms with Crippen molar-refractivity contribution in [3.8, 4) is 11.8 Å². The van der Waals surface area contributed by atoms with Gasteiger partial charge in [0.2, 0.25) is 0 Å². The van der Waals surface area contributed by atoms with Gasteiger partial charge in [0, 0.05) is 5.02 Å². The van der Waals surface area contributed by atoms with Gasteiger partial charge in [-0.25, -0.2) is 0 Å². The Balaban J connectivity index is 2.86. The Hall–Kier alpha value is -1.44. The van der Waals surface area contributed by atoms with E-state index >= 15 is 0 Å². The van der Waals surface area contributed by atoms with E-state index in [1.54, 1.807) is 26.0 Å². The van der Waals surface area contributed by atoms with Crippen molar-refractivity contribution < 1.29 is 9.53 Å². The number of nitriles is 1. The highest BCUT2D eigenvalue weighted by Crippen LogP contribution is 2.33. The summed E-state index contributed by atoms with van der Waals surface area (Å²) in [6.07, 6.45) is 1.17. The summed E-state index contributed by atoms with van der Waals surface area (Å²) in [5.41, 5.74) is -0.159. The number of nitrogens with zero attached hydrogens (tertiary/aromatic N) is 1. The summed E-state index contributed by atoms with van der Waals surface area (Å²) in [6, 6.07) is 5.51. The minimum absolute atomic E-state index is 0.342. The van der Waals surface area contributed by atoms with Crippen LogP contribution in [0.2, 0.25) is 10.0 Å². The van der Waals surface area contributed by atoms with Crippen LogP contribution < -0.4 is 10.1 Å². The Morgan fingerprint density at radius 3 is 2.61 bits per heavy atom. The van der Waals surface area contributed by atoms with Crippen molar-refractivity contribution in [2.75, 3.05) is 0 Å². The lowest BCUT2D eigenvalue weighted by molar-refractivity contribution is -0.128. The second-order valence-corrected chi connectivity index (χ2v) is 6.32. The van der Waals surface area contributed by atoms with E-state index in [0.717, 1.165) is 6.42 Å². The molecule has 1 rings (SSSR count). The van der Waals surface area contributed by atoms with Crippen molar-refractivity contribution in [3.63, 3.8) is 0 Å². The summed E-state index contributed by atoms with van der Waals surface area (Å²) in [6.45, 7) is 7.26. The minimum Gasteiger partial charge on any atom is -0.479 e. The van der Waals surface area contributed by atoms with E-state index in [1.165, 1.54) is 0 Å². The molecule has 0 aliphatic carbocycles. The van der Waals surface area contributed by atoms with Crippen molar-refractivity contribution in [2.45, 2.75) is 58.6 Å². The summed E-state index contributed by atoms with van der Waals surface area (Å²) >= 11 is 12.2. The zero-order valence-electron chi connectivity index (χ0n) is 13.9. The van der Waals surface area contributed by atoms with Crippen LogP contribution in [0, 0.1) is 18.3 Å². The SMILES string of the molecule is CCCC(C#N)(CC)NC(=O)C(C)Oc1ccc(Cl)c(C)c1Cl. The number of ether oxygens (including phenoxy) is 1. The molecule has 126 valence electrons. The molecule has 1 aromatic carbocycles. The van der Waals surface area contributed by atoms with Gasteiger partial charge in [-0.2, -0.15) is 5.26 Å². The summed E-state index contributed by atoms with van der Waals surface area (Å²) in [5, 5.41) is 13.1. The maximum absolute atomic E-state index is 12.4. The third kappa shape index (κ3) is 4.76. The van der Waals surface area contributed by atoms with Gasteiger partial charge < -0.3 is 10.1 Å². The summed E-state index contributed by atoms with van der Waals surface area (Å²) in [4.78, 5) is 12.4. The van der Waals surface area contributed by atoms with Gasteiger partial charge in [0.25, 0.3) is 5.91 Å². The highest BCUT2D eigenvalue weighted by Gasteiger charge is 2.31. The first kappa shape index (κ1) is 19.6. The molecule has 0 aromatic heterocycles. The van der Waals surface area contributed by atoms with Crippen LogP contribution >= 0.6 is 23.2 Å². The van der Waals surface area contributed by atoms with Crippen LogP contribution in [0.15, 0.2) is 12.1 Å². The first-order chi connectivity index (χ1) is 10.8. The van der Waals surface area contributed by atoms with Gasteiger partial charge in [0.05, 0.1) is 11.1 Å². The van der Waals surface area contributed by atoms with Crippen LogP contribution in [0.1, 0.15) is 45.6 Å². The molecule has 2 unspecified atom stereocenters. The monoisotopic (exact) mass is 356 g/mol. The smallest absolute Gasteiger partial charge is 0.262 e. The predicted octanol–water partition coefficient (Wildman–Crippen LogP) is 4.66. The van der Waals surface area contributed by atoms with Crippen LogP contribution in [-0.4, -0.2) is 17.6 Å². The number of hydrogen-bond acceptors (Lipinski definition) is 3. The van der Waals surface area contributed by atoms with Crippen LogP contribution in [0.4, 0.5) is 0 Å². The molecule has 0 saturated heterocycles. The van der Waals surface area contributed by atoms with E-state index in [4.69, 9.17) is 27.9 Å². The van der Waals surface area contributed by atoms with Crippen LogP contribution in [0.25, 0.3) is 0 Å². The molecule has 4 nitrogen and oxygen atoms in total. The number of amides is 1. The predicted molar refractivity (Wildman–Crippen MR) is 93.0 cm³/mol. The van der Waals surface area contributed by atoms with E-state index in [1.807, 2.05) is 13.8 Å². The standard InChI is InChI=1S/C17H22Cl2N2O2/c1-5-9-17(6-2,10-20)21-16(22)12(4)23-14-8-7-13(18)11(3)15(14)19/h7-8,12H,5-6,9H2,1-4H3,(H,21,22). The molecule has 0 aliphatic heterocycles. The highest BCUT2D eigenvalue weighted by atomic mass is 35.5. The van der Waals surface area contributed by atoms with E-state index in [-0.39, 0.29) is 5.91 Å². The highest BCUT2D eigenvalue weighted by molar-refractivity contribution is 6.36. The Morgan fingerprint density at radius 1 is 1.43 bits per heavy atom. The van der Waals surface area contributed by atoms with Crippen LogP contribution in [-0.2, 0) is 4.79 Å². The number of rotatable bonds is 7. The molecule has 1 N–H and O–H groups in total. The quantitative estimate of drug-likeness (QED) is 0.772. The van der Waals surface area contributed by atoms with Crippen molar-refractivity contribution in [3.05, 3.63) is 27.7 Å². The Labute approximate surface area is 147 Å². The molecule has 0 bridgehead atoms. The normalized spacial score (nSPS) is 14.5. The molecular weight excluding hydrogens is 335 g/mol. The topological polar surface area (TPSA) is 62.1 Å². The van der Waals surface area contributed by atoms with Crippen LogP contribution in [0.3, 0.4) is 0 Å². The molecule has 2 atom stereocenters. The van der Waals surface area contributed by atoms with E-state index < -0.39 is 11.6 Å². The summed E-state index contributed by atoms with van der Waals surface area (Å²) < 4.78 is 5.64. The molecule has 0 heterocycles. The van der Waals surface area contributed by atoms with Crippen molar-refractivity contribution in [1.29, 1.82) is 5.26 Å². The maximum atomic E-state index is 12.4.